The van der Waals surface area contributed by atoms with Gasteiger partial charge in [-0.25, -0.2) is 0 Å². The summed E-state index contributed by atoms with van der Waals surface area (Å²) in [5.74, 6) is -0.559. The van der Waals surface area contributed by atoms with Crippen LogP contribution in [0.5, 0.6) is 0 Å². The molecular formula is C29H57NO4. The van der Waals surface area contributed by atoms with E-state index in [9.17, 15) is 14.7 Å². The molecule has 0 bridgehead atoms. The topological polar surface area (TPSA) is 66.4 Å². The van der Waals surface area contributed by atoms with Crippen LogP contribution in [-0.4, -0.2) is 50.2 Å². The molecule has 0 radical (unpaired) electrons. The second-order valence-corrected chi connectivity index (χ2v) is 11.5. The lowest BCUT2D eigenvalue weighted by Gasteiger charge is -2.29. The van der Waals surface area contributed by atoms with E-state index in [4.69, 9.17) is 4.74 Å². The summed E-state index contributed by atoms with van der Waals surface area (Å²) < 4.78 is 5.95. The molecular weight excluding hydrogens is 426 g/mol. The number of nitrogens with zero attached hydrogens (tertiary/aromatic N) is 1. The Balaban J connectivity index is 3.55. The van der Waals surface area contributed by atoms with E-state index in [2.05, 4.69) is 13.8 Å². The minimum absolute atomic E-state index is 0.237. The molecule has 0 aromatic rings. The van der Waals surface area contributed by atoms with Crippen molar-refractivity contribution in [3.05, 3.63) is 0 Å². The first-order chi connectivity index (χ1) is 16.1. The molecule has 2 unspecified atom stereocenters. The van der Waals surface area contributed by atoms with Crippen molar-refractivity contribution in [3.8, 4) is 0 Å². The number of unbranched alkanes of at least 4 members (excludes halogenated alkanes) is 13. The van der Waals surface area contributed by atoms with E-state index in [0.717, 1.165) is 25.2 Å². The molecule has 0 saturated carbocycles. The number of hydrogen-bond acceptors (Lipinski definition) is 4. The SMILES string of the molecule is CCCCCCCC(C)CCCCCCCCCCCCC(=O)OC(CC(=O)[O-])C[N+](C)(C)C. The van der Waals surface area contributed by atoms with Gasteiger partial charge in [0.25, 0.3) is 0 Å². The van der Waals surface area contributed by atoms with Gasteiger partial charge in [-0.3, -0.25) is 4.79 Å². The van der Waals surface area contributed by atoms with Gasteiger partial charge in [0, 0.05) is 18.8 Å². The Labute approximate surface area is 211 Å². The fourth-order valence-electron chi connectivity index (χ4n) is 4.60. The highest BCUT2D eigenvalue weighted by molar-refractivity contribution is 5.70. The largest absolute Gasteiger partial charge is 0.550 e. The highest BCUT2D eigenvalue weighted by atomic mass is 16.5. The molecule has 0 aromatic carbocycles. The molecule has 0 aliphatic heterocycles. The maximum atomic E-state index is 12.1. The zero-order chi connectivity index (χ0) is 25.7. The molecule has 0 amide bonds. The van der Waals surface area contributed by atoms with E-state index in [0.29, 0.717) is 17.4 Å². The fourth-order valence-corrected chi connectivity index (χ4v) is 4.60. The van der Waals surface area contributed by atoms with Crippen LogP contribution in [0.25, 0.3) is 0 Å². The van der Waals surface area contributed by atoms with Crippen LogP contribution in [0.1, 0.15) is 136 Å². The second-order valence-electron chi connectivity index (χ2n) is 11.5. The van der Waals surface area contributed by atoms with Crippen LogP contribution in [0.4, 0.5) is 0 Å². The van der Waals surface area contributed by atoms with Crippen molar-refractivity contribution in [1.82, 2.24) is 0 Å². The van der Waals surface area contributed by atoms with E-state index in [1.165, 1.54) is 89.9 Å². The van der Waals surface area contributed by atoms with Gasteiger partial charge in [0.2, 0.25) is 0 Å². The molecule has 5 nitrogen and oxygen atoms in total. The first kappa shape index (κ1) is 32.9. The highest BCUT2D eigenvalue weighted by Gasteiger charge is 2.22. The van der Waals surface area contributed by atoms with Crippen molar-refractivity contribution in [2.45, 2.75) is 142 Å². The summed E-state index contributed by atoms with van der Waals surface area (Å²) in [6.45, 7) is 5.17. The number of likely N-dealkylation sites (N-methyl/N-ethyl adjacent to an activating group) is 1. The summed E-state index contributed by atoms with van der Waals surface area (Å²) in [6.07, 6.45) is 21.7. The quantitative estimate of drug-likeness (QED) is 0.0902. The lowest BCUT2D eigenvalue weighted by molar-refractivity contribution is -0.873. The smallest absolute Gasteiger partial charge is 0.306 e. The number of carboxylic acids is 1. The summed E-state index contributed by atoms with van der Waals surface area (Å²) in [5, 5.41) is 10.9. The Morgan fingerprint density at radius 3 is 1.62 bits per heavy atom. The third-order valence-electron chi connectivity index (χ3n) is 6.57. The maximum absolute atomic E-state index is 12.1. The maximum Gasteiger partial charge on any atom is 0.306 e. The molecule has 0 fully saturated rings. The molecule has 0 spiro atoms. The second kappa shape index (κ2) is 21.2. The van der Waals surface area contributed by atoms with Gasteiger partial charge in [-0.1, -0.05) is 117 Å². The molecule has 5 heteroatoms. The molecule has 34 heavy (non-hydrogen) atoms. The molecule has 0 heterocycles. The predicted molar refractivity (Wildman–Crippen MR) is 140 cm³/mol. The minimum atomic E-state index is -1.17. The van der Waals surface area contributed by atoms with Crippen molar-refractivity contribution in [2.24, 2.45) is 5.92 Å². The van der Waals surface area contributed by atoms with Crippen LogP contribution in [0.15, 0.2) is 0 Å². The van der Waals surface area contributed by atoms with Crippen LogP contribution in [0, 0.1) is 5.92 Å². The lowest BCUT2D eigenvalue weighted by Crippen LogP contribution is -2.45. The Hall–Kier alpha value is -1.10. The van der Waals surface area contributed by atoms with Crippen LogP contribution in [0.3, 0.4) is 0 Å². The van der Waals surface area contributed by atoms with Gasteiger partial charge in [-0.15, -0.1) is 0 Å². The number of ether oxygens (including phenoxy) is 1. The Morgan fingerprint density at radius 2 is 1.18 bits per heavy atom. The normalized spacial score (nSPS) is 13.6. The third kappa shape index (κ3) is 24.0. The average Bonchev–Trinajstić information content (AvgIpc) is 2.72. The van der Waals surface area contributed by atoms with Gasteiger partial charge in [0.15, 0.2) is 6.10 Å². The predicted octanol–water partition coefficient (Wildman–Crippen LogP) is 6.42. The fraction of sp³-hybridized carbons (Fsp3) is 0.931. The minimum Gasteiger partial charge on any atom is -0.550 e. The Kier molecular flexibility index (Phi) is 20.5. The van der Waals surface area contributed by atoms with Gasteiger partial charge in [-0.2, -0.15) is 0 Å². The zero-order valence-electron chi connectivity index (χ0n) is 23.4. The van der Waals surface area contributed by atoms with Crippen molar-refractivity contribution in [3.63, 3.8) is 0 Å². The number of carbonyl (C=O) groups is 2. The van der Waals surface area contributed by atoms with Crippen LogP contribution in [0.2, 0.25) is 0 Å². The molecule has 0 N–H and O–H groups in total. The van der Waals surface area contributed by atoms with Crippen LogP contribution < -0.4 is 5.11 Å². The standard InChI is InChI=1S/C29H57NO4/c1-6-7-8-15-18-21-26(2)22-19-16-13-11-9-10-12-14-17-20-23-29(33)34-27(24-28(31)32)25-30(3,4)5/h26-27H,6-25H2,1-5H3. The van der Waals surface area contributed by atoms with E-state index in [-0.39, 0.29) is 12.4 Å². The number of carboxylic acid groups (broad SMARTS) is 1. The van der Waals surface area contributed by atoms with Gasteiger partial charge in [-0.05, 0) is 12.3 Å². The Morgan fingerprint density at radius 1 is 0.735 bits per heavy atom. The molecule has 0 aliphatic rings. The molecule has 0 saturated heterocycles. The van der Waals surface area contributed by atoms with Crippen molar-refractivity contribution in [2.75, 3.05) is 27.7 Å². The van der Waals surface area contributed by atoms with E-state index < -0.39 is 12.1 Å². The highest BCUT2D eigenvalue weighted by Crippen LogP contribution is 2.19. The number of quaternary nitrogens is 1. The summed E-state index contributed by atoms with van der Waals surface area (Å²) >= 11 is 0. The molecule has 0 aliphatic carbocycles. The van der Waals surface area contributed by atoms with Crippen molar-refractivity contribution >= 4 is 11.9 Å². The summed E-state index contributed by atoms with van der Waals surface area (Å²) in [4.78, 5) is 23.0. The monoisotopic (exact) mass is 483 g/mol. The van der Waals surface area contributed by atoms with Crippen molar-refractivity contribution in [1.29, 1.82) is 0 Å². The molecule has 0 aromatic heterocycles. The first-order valence-corrected chi connectivity index (χ1v) is 14.3. The molecule has 2 atom stereocenters. The van der Waals surface area contributed by atoms with E-state index in [1.807, 2.05) is 21.1 Å². The zero-order valence-corrected chi connectivity index (χ0v) is 23.4. The number of carbonyl (C=O) groups excluding carboxylic acids is 2. The number of esters is 1. The van der Waals surface area contributed by atoms with Gasteiger partial charge in [0.05, 0.1) is 21.1 Å². The van der Waals surface area contributed by atoms with Gasteiger partial charge >= 0.3 is 5.97 Å². The summed E-state index contributed by atoms with van der Waals surface area (Å²) in [6, 6.07) is 0. The van der Waals surface area contributed by atoms with E-state index in [1.54, 1.807) is 0 Å². The number of hydrogen-bond donors (Lipinski definition) is 0. The van der Waals surface area contributed by atoms with Crippen LogP contribution in [-0.2, 0) is 14.3 Å². The van der Waals surface area contributed by atoms with Gasteiger partial charge < -0.3 is 19.1 Å². The molecule has 202 valence electrons. The number of rotatable bonds is 24. The number of aliphatic carboxylic acids is 1. The van der Waals surface area contributed by atoms with E-state index >= 15 is 0 Å². The summed E-state index contributed by atoms with van der Waals surface area (Å²) in [7, 11) is 5.86. The average molecular weight is 484 g/mol. The molecule has 0 rings (SSSR count). The first-order valence-electron chi connectivity index (χ1n) is 14.3. The van der Waals surface area contributed by atoms with Gasteiger partial charge in [0.1, 0.15) is 6.54 Å². The Bertz CT molecular complexity index is 501. The summed E-state index contributed by atoms with van der Waals surface area (Å²) in [5.41, 5.74) is 0. The lowest BCUT2D eigenvalue weighted by atomic mass is 9.96. The van der Waals surface area contributed by atoms with Crippen molar-refractivity contribution < 1.29 is 23.9 Å². The van der Waals surface area contributed by atoms with Crippen LogP contribution >= 0.6 is 0 Å². The third-order valence-corrected chi connectivity index (χ3v) is 6.57.